The molecule has 0 radical (unpaired) electrons. The topological polar surface area (TPSA) is 67.5 Å². The van der Waals surface area contributed by atoms with Crippen LogP contribution in [0.4, 0.5) is 13.2 Å². The smallest absolute Gasteiger partial charge is 0.417 e. The second-order valence-corrected chi connectivity index (χ2v) is 7.85. The van der Waals surface area contributed by atoms with Gasteiger partial charge in [-0.05, 0) is 54.2 Å². The Hall–Kier alpha value is -3.68. The van der Waals surface area contributed by atoms with E-state index in [4.69, 9.17) is 5.11 Å². The number of carbonyl (C=O) groups is 1. The molecule has 0 aliphatic heterocycles. The van der Waals surface area contributed by atoms with Gasteiger partial charge in [0.25, 0.3) is 0 Å². The quantitative estimate of drug-likeness (QED) is 0.319. The molecule has 170 valence electrons. The molecule has 0 unspecified atom stereocenters. The van der Waals surface area contributed by atoms with Crippen LogP contribution in [0.25, 0.3) is 28.2 Å². The molecule has 0 spiro atoms. The van der Waals surface area contributed by atoms with Gasteiger partial charge in [-0.25, -0.2) is 9.50 Å². The number of unbranched alkanes of at least 4 members (excludes halogenated alkanes) is 2. The molecule has 1 N–H and O–H groups in total. The second-order valence-electron chi connectivity index (χ2n) is 7.85. The summed E-state index contributed by atoms with van der Waals surface area (Å²) < 4.78 is 43.0. The highest BCUT2D eigenvalue weighted by Gasteiger charge is 2.34. The van der Waals surface area contributed by atoms with Gasteiger partial charge in [0.2, 0.25) is 0 Å². The number of fused-ring (bicyclic) bond motifs is 1. The predicted octanol–water partition coefficient (Wildman–Crippen LogP) is 6.27. The zero-order chi connectivity index (χ0) is 23.4. The van der Waals surface area contributed by atoms with Crippen molar-refractivity contribution in [2.24, 2.45) is 0 Å². The fourth-order valence-electron chi connectivity index (χ4n) is 3.77. The Morgan fingerprint density at radius 3 is 2.45 bits per heavy atom. The van der Waals surface area contributed by atoms with Gasteiger partial charge in [-0.15, -0.1) is 5.10 Å². The highest BCUT2D eigenvalue weighted by molar-refractivity contribution is 5.73. The summed E-state index contributed by atoms with van der Waals surface area (Å²) in [4.78, 5) is 15.0. The summed E-state index contributed by atoms with van der Waals surface area (Å²) in [5.74, 6) is -0.573. The Kier molecular flexibility index (Phi) is 6.44. The molecule has 2 aromatic heterocycles. The monoisotopic (exact) mass is 453 g/mol. The number of rotatable bonds is 8. The maximum atomic E-state index is 13.8. The zero-order valence-electron chi connectivity index (χ0n) is 17.7. The van der Waals surface area contributed by atoms with Crippen molar-refractivity contribution in [2.45, 2.75) is 38.3 Å². The zero-order valence-corrected chi connectivity index (χ0v) is 17.7. The number of hydrogen-bond donors (Lipinski definition) is 1. The fraction of sp³-hybridized carbons (Fsp3) is 0.240. The van der Waals surface area contributed by atoms with Crippen LogP contribution in [0.1, 0.15) is 36.8 Å². The predicted molar refractivity (Wildman–Crippen MR) is 119 cm³/mol. The van der Waals surface area contributed by atoms with E-state index in [0.29, 0.717) is 23.2 Å². The number of aryl methyl sites for hydroxylation is 1. The molecule has 4 aromatic rings. The van der Waals surface area contributed by atoms with Crippen molar-refractivity contribution in [3.63, 3.8) is 0 Å². The first-order valence-electron chi connectivity index (χ1n) is 10.7. The number of carboxylic acids is 1. The van der Waals surface area contributed by atoms with E-state index < -0.39 is 17.7 Å². The number of hydrogen-bond acceptors (Lipinski definition) is 3. The van der Waals surface area contributed by atoms with Gasteiger partial charge in [0.15, 0.2) is 11.5 Å². The van der Waals surface area contributed by atoms with Crippen molar-refractivity contribution >= 4 is 11.6 Å². The molecular weight excluding hydrogens is 431 g/mol. The average molecular weight is 453 g/mol. The van der Waals surface area contributed by atoms with Crippen molar-refractivity contribution < 1.29 is 23.1 Å². The first kappa shape index (κ1) is 22.5. The van der Waals surface area contributed by atoms with Crippen LogP contribution in [0.5, 0.6) is 0 Å². The minimum atomic E-state index is -4.52. The molecule has 33 heavy (non-hydrogen) atoms. The van der Waals surface area contributed by atoms with E-state index in [9.17, 15) is 18.0 Å². The van der Waals surface area contributed by atoms with E-state index in [0.717, 1.165) is 30.9 Å². The van der Waals surface area contributed by atoms with E-state index in [-0.39, 0.29) is 17.8 Å². The molecule has 0 fully saturated rings. The van der Waals surface area contributed by atoms with Gasteiger partial charge < -0.3 is 5.11 Å². The largest absolute Gasteiger partial charge is 0.481 e. The van der Waals surface area contributed by atoms with Gasteiger partial charge in [-0.3, -0.25) is 4.79 Å². The molecule has 5 nitrogen and oxygen atoms in total. The van der Waals surface area contributed by atoms with Crippen LogP contribution in [0.3, 0.4) is 0 Å². The van der Waals surface area contributed by atoms with Crippen molar-refractivity contribution in [1.29, 1.82) is 0 Å². The van der Waals surface area contributed by atoms with E-state index in [1.807, 2.05) is 12.1 Å². The Morgan fingerprint density at radius 2 is 1.73 bits per heavy atom. The van der Waals surface area contributed by atoms with E-state index in [2.05, 4.69) is 10.1 Å². The molecule has 2 aromatic carbocycles. The number of carboxylic acid groups (broad SMARTS) is 1. The third kappa shape index (κ3) is 5.39. The number of nitrogens with zero attached hydrogens (tertiary/aromatic N) is 3. The number of aromatic nitrogens is 3. The lowest BCUT2D eigenvalue weighted by Crippen LogP contribution is -2.07. The SMILES string of the molecule is O=C(O)CCCCCc1ccn2nc(-c3ccc(-c4ccccc4)c(C(F)(F)F)c3)nc2c1. The maximum absolute atomic E-state index is 13.8. The Labute approximate surface area is 188 Å². The molecule has 4 rings (SSSR count). The summed E-state index contributed by atoms with van der Waals surface area (Å²) in [6.07, 6.45) is 0.435. The van der Waals surface area contributed by atoms with Crippen LogP contribution in [0.15, 0.2) is 66.9 Å². The first-order chi connectivity index (χ1) is 15.8. The standard InChI is InChI=1S/C25H22F3N3O2/c26-25(27,28)21-16-19(11-12-20(21)18-8-4-2-5-9-18)24-29-22-15-17(13-14-31(22)30-24)7-3-1-6-10-23(32)33/h2,4-5,8-9,11-16H,1,3,6-7,10H2,(H,32,33). The van der Waals surface area contributed by atoms with Crippen molar-refractivity contribution in [3.05, 3.63) is 78.0 Å². The third-order valence-electron chi connectivity index (χ3n) is 5.43. The third-order valence-corrected chi connectivity index (χ3v) is 5.43. The molecule has 0 saturated carbocycles. The van der Waals surface area contributed by atoms with Crippen LogP contribution >= 0.6 is 0 Å². The van der Waals surface area contributed by atoms with Crippen molar-refractivity contribution in [2.75, 3.05) is 0 Å². The van der Waals surface area contributed by atoms with Crippen molar-refractivity contribution in [1.82, 2.24) is 14.6 Å². The number of halogens is 3. The number of benzene rings is 2. The summed E-state index contributed by atoms with van der Waals surface area (Å²) in [6.45, 7) is 0. The summed E-state index contributed by atoms with van der Waals surface area (Å²) in [5.41, 5.74) is 1.74. The number of alkyl halides is 3. The van der Waals surface area contributed by atoms with E-state index in [1.165, 1.54) is 6.07 Å². The molecule has 0 bridgehead atoms. The molecule has 0 aliphatic carbocycles. The normalized spacial score (nSPS) is 11.7. The van der Waals surface area contributed by atoms with Gasteiger partial charge in [-0.2, -0.15) is 13.2 Å². The lowest BCUT2D eigenvalue weighted by molar-refractivity contribution is -0.138. The van der Waals surface area contributed by atoms with Gasteiger partial charge in [0, 0.05) is 18.2 Å². The molecule has 0 amide bonds. The summed E-state index contributed by atoms with van der Waals surface area (Å²) in [5, 5.41) is 13.1. The fourth-order valence-corrected chi connectivity index (χ4v) is 3.77. The molecule has 0 atom stereocenters. The minimum Gasteiger partial charge on any atom is -0.481 e. The lowest BCUT2D eigenvalue weighted by Gasteiger charge is -2.14. The number of aliphatic carboxylic acids is 1. The van der Waals surface area contributed by atoms with Crippen LogP contribution in [-0.2, 0) is 17.4 Å². The first-order valence-corrected chi connectivity index (χ1v) is 10.7. The van der Waals surface area contributed by atoms with Crippen LogP contribution in [0.2, 0.25) is 0 Å². The summed E-state index contributed by atoms with van der Waals surface area (Å²) in [7, 11) is 0. The van der Waals surface area contributed by atoms with Gasteiger partial charge in [-0.1, -0.05) is 48.9 Å². The Balaban J connectivity index is 1.59. The second kappa shape index (κ2) is 9.44. The van der Waals surface area contributed by atoms with Gasteiger partial charge >= 0.3 is 12.1 Å². The van der Waals surface area contributed by atoms with Crippen LogP contribution < -0.4 is 0 Å². The van der Waals surface area contributed by atoms with E-state index in [1.54, 1.807) is 47.1 Å². The van der Waals surface area contributed by atoms with Crippen LogP contribution in [0, 0.1) is 0 Å². The molecule has 0 saturated heterocycles. The van der Waals surface area contributed by atoms with Gasteiger partial charge in [0.1, 0.15) is 0 Å². The molecule has 8 heteroatoms. The summed E-state index contributed by atoms with van der Waals surface area (Å²) >= 11 is 0. The van der Waals surface area contributed by atoms with E-state index >= 15 is 0 Å². The average Bonchev–Trinajstić information content (AvgIpc) is 3.22. The maximum Gasteiger partial charge on any atom is 0.417 e. The Bertz CT molecular complexity index is 1270. The molecule has 0 aliphatic rings. The number of pyridine rings is 1. The minimum absolute atomic E-state index is 0.112. The van der Waals surface area contributed by atoms with Crippen LogP contribution in [-0.4, -0.2) is 25.7 Å². The molecular formula is C25H22F3N3O2. The Morgan fingerprint density at radius 1 is 0.939 bits per heavy atom. The molecule has 2 heterocycles. The highest BCUT2D eigenvalue weighted by Crippen LogP contribution is 2.39. The van der Waals surface area contributed by atoms with Gasteiger partial charge in [0.05, 0.1) is 5.56 Å². The lowest BCUT2D eigenvalue weighted by atomic mass is 9.97. The van der Waals surface area contributed by atoms with Crippen molar-refractivity contribution in [3.8, 4) is 22.5 Å². The highest BCUT2D eigenvalue weighted by atomic mass is 19.4. The summed E-state index contributed by atoms with van der Waals surface area (Å²) in [6, 6.07) is 16.4.